The molecule has 2 aliphatic rings. The van der Waals surface area contributed by atoms with Gasteiger partial charge in [-0.3, -0.25) is 0 Å². The van der Waals surface area contributed by atoms with E-state index in [1.165, 1.54) is 24.1 Å². The van der Waals surface area contributed by atoms with E-state index in [4.69, 9.17) is 4.43 Å². The zero-order valence-electron chi connectivity index (χ0n) is 10.5. The Balaban J connectivity index is 1.91. The van der Waals surface area contributed by atoms with E-state index in [0.717, 1.165) is 12.1 Å². The third kappa shape index (κ3) is 1.45. The van der Waals surface area contributed by atoms with Crippen LogP contribution in [0.5, 0.6) is 0 Å². The van der Waals surface area contributed by atoms with Crippen molar-refractivity contribution in [3.8, 4) is 0 Å². The maximum atomic E-state index is 13.0. The Labute approximate surface area is 103 Å². The van der Waals surface area contributed by atoms with Crippen molar-refractivity contribution in [2.45, 2.75) is 43.3 Å². The van der Waals surface area contributed by atoms with Crippen LogP contribution in [0.4, 0.5) is 4.39 Å². The molecule has 0 aromatic heterocycles. The van der Waals surface area contributed by atoms with E-state index in [2.05, 4.69) is 13.8 Å². The molecule has 0 amide bonds. The molecular weight excluding hydrogens is 231 g/mol. The molecule has 0 bridgehead atoms. The molecule has 3 heteroatoms. The van der Waals surface area contributed by atoms with Crippen LogP contribution in [-0.4, -0.2) is 14.9 Å². The number of benzene rings is 1. The molecule has 0 spiro atoms. The Hall–Kier alpha value is -0.673. The van der Waals surface area contributed by atoms with Gasteiger partial charge in [0.2, 0.25) is 0 Å². The van der Waals surface area contributed by atoms with E-state index in [0.29, 0.717) is 0 Å². The average molecular weight is 250 g/mol. The van der Waals surface area contributed by atoms with Crippen molar-refractivity contribution in [1.82, 2.24) is 0 Å². The lowest BCUT2D eigenvalue weighted by Gasteiger charge is -2.24. The van der Waals surface area contributed by atoms with Crippen LogP contribution < -0.4 is 0 Å². The summed E-state index contributed by atoms with van der Waals surface area (Å²) in [5.41, 5.74) is 2.32. The summed E-state index contributed by atoms with van der Waals surface area (Å²) in [6.45, 7) is 5.42. The smallest absolute Gasteiger partial charge is 0.196 e. The fraction of sp³-hybridized carbons (Fsp3) is 0.571. The Kier molecular flexibility index (Phi) is 2.46. The first-order chi connectivity index (χ1) is 8.17. The molecule has 1 aromatic rings. The van der Waals surface area contributed by atoms with Gasteiger partial charge < -0.3 is 4.43 Å². The van der Waals surface area contributed by atoms with Crippen LogP contribution in [-0.2, 0) is 9.84 Å². The summed E-state index contributed by atoms with van der Waals surface area (Å²) in [7, 11) is -1.47. The molecule has 1 saturated carbocycles. The number of rotatable bonds is 3. The quantitative estimate of drug-likeness (QED) is 0.740. The molecule has 0 radical (unpaired) electrons. The molecule has 3 rings (SSSR count). The molecule has 1 nitrogen and oxygen atoms in total. The predicted octanol–water partition coefficient (Wildman–Crippen LogP) is 3.85. The Morgan fingerprint density at radius 3 is 2.41 bits per heavy atom. The van der Waals surface area contributed by atoms with Crippen LogP contribution in [0.3, 0.4) is 0 Å². The molecule has 1 heterocycles. The van der Waals surface area contributed by atoms with Gasteiger partial charge in [-0.05, 0) is 41.7 Å². The highest BCUT2D eigenvalue weighted by atomic mass is 28.4. The molecule has 2 fully saturated rings. The first-order valence-corrected chi connectivity index (χ1v) is 8.97. The van der Waals surface area contributed by atoms with Crippen LogP contribution in [0.1, 0.15) is 25.8 Å². The molecule has 1 saturated heterocycles. The highest BCUT2D eigenvalue weighted by molar-refractivity contribution is 6.77. The standard InChI is InChI=1S/C14H19FOSi/c1-3-17(4-2)13-9-14(13,10-16-17)11-5-7-12(15)8-6-11/h5-8,13H,3-4,9-10H2,1-2H3/t13?,14-/m0/s1. The summed E-state index contributed by atoms with van der Waals surface area (Å²) in [6, 6.07) is 9.51. The zero-order chi connectivity index (χ0) is 12.1. The van der Waals surface area contributed by atoms with Gasteiger partial charge in [-0.1, -0.05) is 26.0 Å². The molecule has 2 atom stereocenters. The van der Waals surface area contributed by atoms with Crippen LogP contribution in [0.15, 0.2) is 24.3 Å². The maximum Gasteiger partial charge on any atom is 0.196 e. The van der Waals surface area contributed by atoms with Crippen molar-refractivity contribution >= 4 is 8.32 Å². The first kappa shape index (κ1) is 11.4. The molecule has 92 valence electrons. The third-order valence-electron chi connectivity index (χ3n) is 4.94. The van der Waals surface area contributed by atoms with Crippen molar-refractivity contribution in [2.24, 2.45) is 0 Å². The minimum Gasteiger partial charge on any atom is -0.416 e. The van der Waals surface area contributed by atoms with Crippen LogP contribution >= 0.6 is 0 Å². The van der Waals surface area contributed by atoms with E-state index in [9.17, 15) is 4.39 Å². The third-order valence-corrected chi connectivity index (χ3v) is 10.1. The summed E-state index contributed by atoms with van der Waals surface area (Å²) in [5, 5.41) is 0. The van der Waals surface area contributed by atoms with Crippen LogP contribution in [0, 0.1) is 5.82 Å². The second-order valence-electron chi connectivity index (χ2n) is 5.48. The predicted molar refractivity (Wildman–Crippen MR) is 69.1 cm³/mol. The van der Waals surface area contributed by atoms with Gasteiger partial charge in [-0.15, -0.1) is 0 Å². The average Bonchev–Trinajstić information content (AvgIpc) is 3.02. The van der Waals surface area contributed by atoms with Gasteiger partial charge in [0.15, 0.2) is 8.32 Å². The molecule has 1 aromatic carbocycles. The molecule has 17 heavy (non-hydrogen) atoms. The maximum absolute atomic E-state index is 13.0. The molecular formula is C14H19FOSi. The molecule has 1 aliphatic heterocycles. The Bertz CT molecular complexity index is 426. The first-order valence-electron chi connectivity index (χ1n) is 6.57. The Morgan fingerprint density at radius 1 is 1.29 bits per heavy atom. The molecule has 1 unspecified atom stereocenters. The highest BCUT2D eigenvalue weighted by Gasteiger charge is 2.70. The SMILES string of the molecule is CC[Si]1(CC)OC[C@]2(c3ccc(F)cc3)CC21. The summed E-state index contributed by atoms with van der Waals surface area (Å²) in [5.74, 6) is -0.143. The largest absolute Gasteiger partial charge is 0.416 e. The number of halogens is 1. The van der Waals surface area contributed by atoms with Gasteiger partial charge >= 0.3 is 0 Å². The summed E-state index contributed by atoms with van der Waals surface area (Å²) in [6.07, 6.45) is 1.27. The van der Waals surface area contributed by atoms with Crippen molar-refractivity contribution in [3.05, 3.63) is 35.6 Å². The topological polar surface area (TPSA) is 9.23 Å². The van der Waals surface area contributed by atoms with Crippen molar-refractivity contribution in [3.63, 3.8) is 0 Å². The van der Waals surface area contributed by atoms with Crippen LogP contribution in [0.2, 0.25) is 17.6 Å². The van der Waals surface area contributed by atoms with Crippen molar-refractivity contribution in [1.29, 1.82) is 0 Å². The lowest BCUT2D eigenvalue weighted by atomic mass is 9.97. The fourth-order valence-electron chi connectivity index (χ4n) is 3.66. The van der Waals surface area contributed by atoms with Gasteiger partial charge in [-0.25, -0.2) is 4.39 Å². The van der Waals surface area contributed by atoms with E-state index in [1.807, 2.05) is 12.1 Å². The lowest BCUT2D eigenvalue weighted by Crippen LogP contribution is -2.33. The van der Waals surface area contributed by atoms with Crippen LogP contribution in [0.25, 0.3) is 0 Å². The van der Waals surface area contributed by atoms with Crippen molar-refractivity contribution < 1.29 is 8.82 Å². The number of fused-ring (bicyclic) bond motifs is 1. The van der Waals surface area contributed by atoms with E-state index < -0.39 is 8.32 Å². The minimum atomic E-state index is -1.47. The van der Waals surface area contributed by atoms with Gasteiger partial charge in [0.05, 0.1) is 0 Å². The van der Waals surface area contributed by atoms with E-state index in [1.54, 1.807) is 12.1 Å². The second kappa shape index (κ2) is 3.66. The Morgan fingerprint density at radius 2 is 1.94 bits per heavy atom. The van der Waals surface area contributed by atoms with Gasteiger partial charge in [-0.2, -0.15) is 0 Å². The van der Waals surface area contributed by atoms with Gasteiger partial charge in [0, 0.05) is 12.0 Å². The van der Waals surface area contributed by atoms with Crippen molar-refractivity contribution in [2.75, 3.05) is 6.61 Å². The molecule has 1 aliphatic carbocycles. The normalized spacial score (nSPS) is 33.5. The molecule has 0 N–H and O–H groups in total. The summed E-state index contributed by atoms with van der Waals surface area (Å²) < 4.78 is 19.2. The van der Waals surface area contributed by atoms with Gasteiger partial charge in [0.1, 0.15) is 5.82 Å². The van der Waals surface area contributed by atoms with Gasteiger partial charge in [0.25, 0.3) is 0 Å². The highest BCUT2D eigenvalue weighted by Crippen LogP contribution is 2.69. The van der Waals surface area contributed by atoms with E-state index in [-0.39, 0.29) is 11.2 Å². The summed E-state index contributed by atoms with van der Waals surface area (Å²) >= 11 is 0. The fourth-order valence-corrected chi connectivity index (χ4v) is 8.29. The zero-order valence-corrected chi connectivity index (χ0v) is 11.5. The second-order valence-corrected chi connectivity index (χ2v) is 10.0. The van der Waals surface area contributed by atoms with E-state index >= 15 is 0 Å². The summed E-state index contributed by atoms with van der Waals surface area (Å²) in [4.78, 5) is 0. The number of hydrogen-bond acceptors (Lipinski definition) is 1. The monoisotopic (exact) mass is 250 g/mol. The lowest BCUT2D eigenvalue weighted by molar-refractivity contribution is 0.296. The minimum absolute atomic E-state index is 0.143. The number of hydrogen-bond donors (Lipinski definition) is 0.